The van der Waals surface area contributed by atoms with Crippen molar-refractivity contribution in [3.63, 3.8) is 0 Å². The van der Waals surface area contributed by atoms with Gasteiger partial charge < -0.3 is 0 Å². The third kappa shape index (κ3) is 7.65. The topological polar surface area (TPSA) is 34.1 Å². The summed E-state index contributed by atoms with van der Waals surface area (Å²) >= 11 is 0. The summed E-state index contributed by atoms with van der Waals surface area (Å²) in [5.41, 5.74) is 6.55. The molecule has 2 atom stereocenters. The largest absolute Gasteiger partial charge is 0.294 e. The highest BCUT2D eigenvalue weighted by atomic mass is 16.1. The minimum atomic E-state index is 0.238. The molecule has 2 fully saturated rings. The first-order chi connectivity index (χ1) is 18.6. The Morgan fingerprint density at radius 1 is 0.579 bits per heavy atom. The average molecular weight is 511 g/mol. The summed E-state index contributed by atoms with van der Waals surface area (Å²) < 4.78 is 0. The molecule has 38 heavy (non-hydrogen) atoms. The van der Waals surface area contributed by atoms with Crippen molar-refractivity contribution in [2.45, 2.75) is 104 Å². The van der Waals surface area contributed by atoms with Gasteiger partial charge in [-0.3, -0.25) is 9.59 Å². The van der Waals surface area contributed by atoms with Gasteiger partial charge in [0.2, 0.25) is 0 Å². The number of carbonyl (C=O) groups is 2. The second-order valence-electron chi connectivity index (χ2n) is 11.5. The lowest BCUT2D eigenvalue weighted by Gasteiger charge is -2.07. The van der Waals surface area contributed by atoms with Crippen molar-refractivity contribution in [2.24, 2.45) is 11.8 Å². The molecule has 2 unspecified atom stereocenters. The van der Waals surface area contributed by atoms with Crippen LogP contribution in [-0.4, -0.2) is 11.6 Å². The van der Waals surface area contributed by atoms with Crippen LogP contribution in [0.5, 0.6) is 0 Å². The lowest BCUT2D eigenvalue weighted by atomic mass is 9.97. The van der Waals surface area contributed by atoms with E-state index in [9.17, 15) is 9.59 Å². The monoisotopic (exact) mass is 510 g/mol. The second-order valence-corrected chi connectivity index (χ2v) is 11.5. The fourth-order valence-corrected chi connectivity index (χ4v) is 6.11. The van der Waals surface area contributed by atoms with E-state index in [0.717, 1.165) is 60.8 Å². The molecule has 0 heterocycles. The number of Topliss-reactive ketones (excluding diaryl/α,β-unsaturated/α-hetero) is 2. The first kappa shape index (κ1) is 28.3. The number of hydrogen-bond donors (Lipinski definition) is 0. The van der Waals surface area contributed by atoms with Gasteiger partial charge in [0.15, 0.2) is 11.6 Å². The van der Waals surface area contributed by atoms with Crippen molar-refractivity contribution in [3.8, 4) is 11.1 Å². The van der Waals surface area contributed by atoms with Crippen molar-refractivity contribution in [2.75, 3.05) is 0 Å². The van der Waals surface area contributed by atoms with Gasteiger partial charge in [0, 0.05) is 11.8 Å². The van der Waals surface area contributed by atoms with Crippen molar-refractivity contribution in [1.82, 2.24) is 0 Å². The Hall–Kier alpha value is -2.74. The number of unbranched alkanes of at least 4 members (excludes halogenated alkanes) is 6. The third-order valence-corrected chi connectivity index (χ3v) is 8.55. The predicted molar refractivity (Wildman–Crippen MR) is 161 cm³/mol. The van der Waals surface area contributed by atoms with Crippen LogP contribution in [0, 0.1) is 11.8 Å². The Bertz CT molecular complexity index is 1030. The van der Waals surface area contributed by atoms with E-state index >= 15 is 0 Å². The molecule has 0 aromatic heterocycles. The van der Waals surface area contributed by atoms with Crippen LogP contribution in [0.4, 0.5) is 0 Å². The highest BCUT2D eigenvalue weighted by molar-refractivity contribution is 6.03. The van der Waals surface area contributed by atoms with E-state index in [4.69, 9.17) is 0 Å². The van der Waals surface area contributed by atoms with Crippen LogP contribution < -0.4 is 0 Å². The standard InChI is InChI=1S/C36H46O2/c1-3-5-7-9-11-31-21-23-33(35(31)37)25-27-13-17-29(18-14-27)30-19-15-28(16-20-30)26-34-24-22-32(36(34)38)12-10-8-6-4-2/h13-20,25-26,31-32H,3-12,21-24H2,1-2H3/b33-25+,34-26+. The highest BCUT2D eigenvalue weighted by Gasteiger charge is 2.29. The number of hydrogen-bond acceptors (Lipinski definition) is 2. The maximum absolute atomic E-state index is 12.8. The van der Waals surface area contributed by atoms with Crippen molar-refractivity contribution < 1.29 is 9.59 Å². The average Bonchev–Trinajstić information content (AvgIpc) is 3.46. The Morgan fingerprint density at radius 3 is 1.34 bits per heavy atom. The molecule has 2 heteroatoms. The molecule has 0 N–H and O–H groups in total. The summed E-state index contributed by atoms with van der Waals surface area (Å²) in [6, 6.07) is 17.1. The molecular formula is C36H46O2. The molecule has 0 spiro atoms. The molecule has 0 saturated heterocycles. The van der Waals surface area contributed by atoms with Gasteiger partial charge in [-0.05, 0) is 84.1 Å². The number of ketones is 2. The van der Waals surface area contributed by atoms with Gasteiger partial charge in [-0.2, -0.15) is 0 Å². The van der Waals surface area contributed by atoms with Gasteiger partial charge >= 0.3 is 0 Å². The van der Waals surface area contributed by atoms with Gasteiger partial charge in [-0.1, -0.05) is 114 Å². The van der Waals surface area contributed by atoms with Crippen molar-refractivity contribution >= 4 is 23.7 Å². The van der Waals surface area contributed by atoms with Crippen LogP contribution in [0.25, 0.3) is 23.3 Å². The molecule has 4 rings (SSSR count). The highest BCUT2D eigenvalue weighted by Crippen LogP contribution is 2.34. The Kier molecular flexibility index (Phi) is 10.7. The van der Waals surface area contributed by atoms with E-state index in [0.29, 0.717) is 11.6 Å². The quantitative estimate of drug-likeness (QED) is 0.198. The Balaban J connectivity index is 1.32. The second kappa shape index (κ2) is 14.4. The summed E-state index contributed by atoms with van der Waals surface area (Å²) in [6.45, 7) is 4.45. The van der Waals surface area contributed by atoms with Crippen LogP contribution >= 0.6 is 0 Å². The van der Waals surface area contributed by atoms with Crippen molar-refractivity contribution in [1.29, 1.82) is 0 Å². The molecule has 2 aromatic rings. The normalized spacial score (nSPS) is 21.7. The van der Waals surface area contributed by atoms with Crippen LogP contribution in [0.15, 0.2) is 59.7 Å². The van der Waals surface area contributed by atoms with Crippen molar-refractivity contribution in [3.05, 3.63) is 70.8 Å². The first-order valence-corrected chi connectivity index (χ1v) is 15.3. The maximum atomic E-state index is 12.8. The van der Waals surface area contributed by atoms with Gasteiger partial charge in [0.1, 0.15) is 0 Å². The molecule has 202 valence electrons. The van der Waals surface area contributed by atoms with Gasteiger partial charge in [0.05, 0.1) is 0 Å². The van der Waals surface area contributed by atoms with E-state index in [1.54, 1.807) is 0 Å². The summed E-state index contributed by atoms with van der Waals surface area (Å²) in [5.74, 6) is 1.22. The SMILES string of the molecule is CCCCCCC1CC/C(=C\c2ccc(-c3ccc(/C=C4\CCC(CCCCCC)C4=O)cc3)cc2)C1=O. The lowest BCUT2D eigenvalue weighted by molar-refractivity contribution is -0.118. The van der Waals surface area contributed by atoms with Gasteiger partial charge in [0.25, 0.3) is 0 Å². The summed E-state index contributed by atoms with van der Waals surface area (Å²) in [5, 5.41) is 0. The number of carbonyl (C=O) groups excluding carboxylic acids is 2. The van der Waals surface area contributed by atoms with Gasteiger partial charge in [-0.15, -0.1) is 0 Å². The number of allylic oxidation sites excluding steroid dienone is 2. The molecule has 2 saturated carbocycles. The number of rotatable bonds is 13. The first-order valence-electron chi connectivity index (χ1n) is 15.3. The zero-order valence-corrected chi connectivity index (χ0v) is 23.6. The van der Waals surface area contributed by atoms with Crippen LogP contribution in [0.1, 0.15) is 115 Å². The van der Waals surface area contributed by atoms with Crippen LogP contribution in [0.3, 0.4) is 0 Å². The molecule has 2 aliphatic carbocycles. The maximum Gasteiger partial charge on any atom is 0.161 e. The molecule has 0 aliphatic heterocycles. The third-order valence-electron chi connectivity index (χ3n) is 8.55. The predicted octanol–water partition coefficient (Wildman–Crippen LogP) is 10.0. The molecule has 0 amide bonds. The van der Waals surface area contributed by atoms with E-state index < -0.39 is 0 Å². The van der Waals surface area contributed by atoms with E-state index in [1.165, 1.54) is 62.5 Å². The molecule has 2 aliphatic rings. The van der Waals surface area contributed by atoms with E-state index in [-0.39, 0.29) is 11.8 Å². The summed E-state index contributed by atoms with van der Waals surface area (Å²) in [7, 11) is 0. The van der Waals surface area contributed by atoms with E-state index in [2.05, 4.69) is 74.5 Å². The number of benzene rings is 2. The van der Waals surface area contributed by atoms with Gasteiger partial charge in [-0.25, -0.2) is 0 Å². The smallest absolute Gasteiger partial charge is 0.161 e. The van der Waals surface area contributed by atoms with E-state index in [1.807, 2.05) is 0 Å². The molecule has 2 aromatic carbocycles. The van der Waals surface area contributed by atoms with Crippen LogP contribution in [-0.2, 0) is 9.59 Å². The molecule has 0 bridgehead atoms. The fourth-order valence-electron chi connectivity index (χ4n) is 6.11. The Morgan fingerprint density at radius 2 is 0.974 bits per heavy atom. The molecule has 2 nitrogen and oxygen atoms in total. The zero-order valence-electron chi connectivity index (χ0n) is 23.6. The summed E-state index contributed by atoms with van der Waals surface area (Å²) in [6.07, 6.45) is 20.0. The lowest BCUT2D eigenvalue weighted by Crippen LogP contribution is -2.07. The molecule has 0 radical (unpaired) electrons. The summed E-state index contributed by atoms with van der Waals surface area (Å²) in [4.78, 5) is 25.7. The zero-order chi connectivity index (χ0) is 26.7. The Labute approximate surface area is 230 Å². The minimum absolute atomic E-state index is 0.238. The molecular weight excluding hydrogens is 464 g/mol. The van der Waals surface area contributed by atoms with Crippen LogP contribution in [0.2, 0.25) is 0 Å². The minimum Gasteiger partial charge on any atom is -0.294 e. The fraction of sp³-hybridized carbons (Fsp3) is 0.500.